The molecule has 4 rings (SSSR count). The van der Waals surface area contributed by atoms with Crippen molar-refractivity contribution in [3.63, 3.8) is 0 Å². The van der Waals surface area contributed by atoms with Crippen molar-refractivity contribution in [1.29, 1.82) is 0 Å². The number of aliphatic carboxylic acids is 1. The lowest BCUT2D eigenvalue weighted by Gasteiger charge is -2.16. The van der Waals surface area contributed by atoms with Crippen molar-refractivity contribution in [3.05, 3.63) is 71.2 Å². The summed E-state index contributed by atoms with van der Waals surface area (Å²) in [6, 6.07) is 11.9. The number of benzene rings is 1. The Balaban J connectivity index is 1.78. The molecular formula is C23H24O5. The van der Waals surface area contributed by atoms with E-state index in [9.17, 15) is 14.7 Å². The highest BCUT2D eigenvalue weighted by molar-refractivity contribution is 5.93. The van der Waals surface area contributed by atoms with Gasteiger partial charge in [-0.15, -0.1) is 0 Å². The molecule has 1 aliphatic heterocycles. The maximum absolute atomic E-state index is 12.3. The highest BCUT2D eigenvalue weighted by Gasteiger charge is 2.83. The van der Waals surface area contributed by atoms with Crippen LogP contribution in [0.5, 0.6) is 0 Å². The Morgan fingerprint density at radius 3 is 2.50 bits per heavy atom. The fourth-order valence-corrected chi connectivity index (χ4v) is 4.94. The van der Waals surface area contributed by atoms with E-state index >= 15 is 0 Å². The van der Waals surface area contributed by atoms with Crippen LogP contribution in [0, 0.1) is 10.8 Å². The molecule has 2 aromatic rings. The monoisotopic (exact) mass is 380 g/mol. The molecule has 2 fully saturated rings. The van der Waals surface area contributed by atoms with Gasteiger partial charge < -0.3 is 14.3 Å². The van der Waals surface area contributed by atoms with E-state index in [4.69, 9.17) is 9.15 Å². The molecule has 0 spiro atoms. The summed E-state index contributed by atoms with van der Waals surface area (Å²) >= 11 is 0. The number of ether oxygens (including phenoxy) is 1. The predicted octanol–water partition coefficient (Wildman–Crippen LogP) is 4.11. The Kier molecular flexibility index (Phi) is 4.03. The number of carboxylic acid groups (broad SMARTS) is 1. The zero-order chi connectivity index (χ0) is 20.2. The Hall–Kier alpha value is -2.82. The van der Waals surface area contributed by atoms with E-state index in [0.717, 1.165) is 16.9 Å². The molecule has 5 nitrogen and oxygen atoms in total. The van der Waals surface area contributed by atoms with Crippen LogP contribution < -0.4 is 0 Å². The molecule has 0 bridgehead atoms. The normalized spacial score (nSPS) is 29.7. The first kappa shape index (κ1) is 18.5. The van der Waals surface area contributed by atoms with Gasteiger partial charge in [0, 0.05) is 29.4 Å². The van der Waals surface area contributed by atoms with Crippen molar-refractivity contribution < 1.29 is 23.8 Å². The number of cyclic esters (lactones) is 1. The van der Waals surface area contributed by atoms with Gasteiger partial charge in [0.1, 0.15) is 5.76 Å². The highest BCUT2D eigenvalue weighted by atomic mass is 16.5. The third-order valence-electron chi connectivity index (χ3n) is 6.98. The molecule has 0 amide bonds. The SMILES string of the molecule is CC1(C)C(C)(C(=O)O)C1(C=C1CCOC1=O)c1coc(Cc2ccccc2)c1. The van der Waals surface area contributed by atoms with Crippen LogP contribution in [0.15, 0.2) is 58.7 Å². The van der Waals surface area contributed by atoms with Gasteiger partial charge >= 0.3 is 11.9 Å². The molecule has 2 heterocycles. The number of carbonyl (C=O) groups excluding carboxylic acids is 1. The molecule has 28 heavy (non-hydrogen) atoms. The topological polar surface area (TPSA) is 76.7 Å². The second kappa shape index (κ2) is 6.09. The van der Waals surface area contributed by atoms with Crippen molar-refractivity contribution in [1.82, 2.24) is 0 Å². The first-order valence-electron chi connectivity index (χ1n) is 9.48. The molecule has 146 valence electrons. The van der Waals surface area contributed by atoms with Gasteiger partial charge in [0.15, 0.2) is 0 Å². The number of rotatable bonds is 5. The molecule has 0 radical (unpaired) electrons. The van der Waals surface area contributed by atoms with Crippen LogP contribution in [-0.2, 0) is 26.2 Å². The number of hydrogen-bond donors (Lipinski definition) is 1. The molecule has 1 aliphatic carbocycles. The molecule has 2 unspecified atom stereocenters. The number of carbonyl (C=O) groups is 2. The van der Waals surface area contributed by atoms with E-state index in [1.165, 1.54) is 0 Å². The van der Waals surface area contributed by atoms with Crippen molar-refractivity contribution in [3.8, 4) is 0 Å². The van der Waals surface area contributed by atoms with Gasteiger partial charge in [0.25, 0.3) is 0 Å². The number of carboxylic acids is 1. The number of furan rings is 1. The molecule has 2 atom stereocenters. The molecular weight excluding hydrogens is 356 g/mol. The van der Waals surface area contributed by atoms with Crippen LogP contribution in [0.2, 0.25) is 0 Å². The lowest BCUT2D eigenvalue weighted by atomic mass is 9.84. The summed E-state index contributed by atoms with van der Waals surface area (Å²) < 4.78 is 10.9. The minimum atomic E-state index is -1.05. The predicted molar refractivity (Wildman–Crippen MR) is 103 cm³/mol. The summed E-state index contributed by atoms with van der Waals surface area (Å²) in [5.74, 6) is -0.474. The molecule has 1 aromatic heterocycles. The molecule has 1 N–H and O–H groups in total. The summed E-state index contributed by atoms with van der Waals surface area (Å²) in [6.45, 7) is 5.96. The van der Waals surface area contributed by atoms with E-state index in [1.807, 2.05) is 56.3 Å². The zero-order valence-corrected chi connectivity index (χ0v) is 16.3. The van der Waals surface area contributed by atoms with Crippen molar-refractivity contribution in [2.45, 2.75) is 39.0 Å². The van der Waals surface area contributed by atoms with Gasteiger partial charge in [-0.3, -0.25) is 4.79 Å². The molecule has 1 saturated carbocycles. The van der Waals surface area contributed by atoms with Crippen LogP contribution in [0.4, 0.5) is 0 Å². The Labute approximate surface area is 164 Å². The van der Waals surface area contributed by atoms with E-state index in [2.05, 4.69) is 0 Å². The first-order chi connectivity index (χ1) is 13.2. The highest BCUT2D eigenvalue weighted by Crippen LogP contribution is 2.79. The van der Waals surface area contributed by atoms with Crippen LogP contribution in [0.3, 0.4) is 0 Å². The fraction of sp³-hybridized carbons (Fsp3) is 0.391. The second-order valence-corrected chi connectivity index (χ2v) is 8.38. The van der Waals surface area contributed by atoms with Gasteiger partial charge in [-0.2, -0.15) is 0 Å². The second-order valence-electron chi connectivity index (χ2n) is 8.38. The molecule has 2 aliphatic rings. The maximum Gasteiger partial charge on any atom is 0.333 e. The van der Waals surface area contributed by atoms with Gasteiger partial charge in [-0.25, -0.2) is 4.79 Å². The summed E-state index contributed by atoms with van der Waals surface area (Å²) in [4.78, 5) is 24.4. The zero-order valence-electron chi connectivity index (χ0n) is 16.3. The standard InChI is InChI=1S/C23H24O5/c1-21(2)22(3,20(25)26)23(21,13-16-9-10-27-19(16)24)17-12-18(28-14-17)11-15-7-5-4-6-8-15/h4-8,12-14H,9-11H2,1-3H3,(H,25,26). The summed E-state index contributed by atoms with van der Waals surface area (Å²) in [5, 5.41) is 10.1. The summed E-state index contributed by atoms with van der Waals surface area (Å²) in [6.07, 6.45) is 4.60. The van der Waals surface area contributed by atoms with Crippen LogP contribution in [0.25, 0.3) is 0 Å². The minimum absolute atomic E-state index is 0.343. The molecule has 1 saturated heterocycles. The fourth-order valence-electron chi connectivity index (χ4n) is 4.94. The third kappa shape index (κ3) is 2.32. The Morgan fingerprint density at radius 2 is 1.93 bits per heavy atom. The molecule has 1 aromatic carbocycles. The summed E-state index contributed by atoms with van der Waals surface area (Å²) in [5.41, 5.74) is -0.0156. The van der Waals surface area contributed by atoms with Gasteiger partial charge in [-0.1, -0.05) is 50.3 Å². The van der Waals surface area contributed by atoms with Gasteiger partial charge in [0.2, 0.25) is 0 Å². The van der Waals surface area contributed by atoms with Crippen molar-refractivity contribution >= 4 is 11.9 Å². The van der Waals surface area contributed by atoms with Crippen LogP contribution in [0.1, 0.15) is 44.1 Å². The van der Waals surface area contributed by atoms with Crippen molar-refractivity contribution in [2.24, 2.45) is 10.8 Å². The van der Waals surface area contributed by atoms with Crippen molar-refractivity contribution in [2.75, 3.05) is 6.61 Å². The third-order valence-corrected chi connectivity index (χ3v) is 6.98. The smallest absolute Gasteiger partial charge is 0.333 e. The minimum Gasteiger partial charge on any atom is -0.481 e. The first-order valence-corrected chi connectivity index (χ1v) is 9.48. The Morgan fingerprint density at radius 1 is 1.21 bits per heavy atom. The van der Waals surface area contributed by atoms with E-state index in [0.29, 0.717) is 25.0 Å². The maximum atomic E-state index is 12.3. The largest absolute Gasteiger partial charge is 0.481 e. The number of esters is 1. The van der Waals surface area contributed by atoms with Crippen LogP contribution in [-0.4, -0.2) is 23.7 Å². The lowest BCUT2D eigenvalue weighted by Crippen LogP contribution is -2.22. The van der Waals surface area contributed by atoms with Gasteiger partial charge in [-0.05, 0) is 24.0 Å². The summed E-state index contributed by atoms with van der Waals surface area (Å²) in [7, 11) is 0. The quantitative estimate of drug-likeness (QED) is 0.624. The lowest BCUT2D eigenvalue weighted by molar-refractivity contribution is -0.144. The Bertz CT molecular complexity index is 968. The molecule has 5 heteroatoms. The van der Waals surface area contributed by atoms with Crippen LogP contribution >= 0.6 is 0 Å². The van der Waals surface area contributed by atoms with E-state index in [1.54, 1.807) is 13.2 Å². The number of hydrogen-bond acceptors (Lipinski definition) is 4. The van der Waals surface area contributed by atoms with E-state index in [-0.39, 0.29) is 5.97 Å². The average molecular weight is 380 g/mol. The van der Waals surface area contributed by atoms with E-state index < -0.39 is 22.2 Å². The van der Waals surface area contributed by atoms with Gasteiger partial charge in [0.05, 0.1) is 18.3 Å². The number of allylic oxidation sites excluding steroid dienone is 1. The average Bonchev–Trinajstić information content (AvgIpc) is 3.12.